The van der Waals surface area contributed by atoms with Gasteiger partial charge in [0.2, 0.25) is 5.91 Å². The van der Waals surface area contributed by atoms with Crippen LogP contribution in [0.15, 0.2) is 24.3 Å². The summed E-state index contributed by atoms with van der Waals surface area (Å²) in [5.41, 5.74) is 1.19. The zero-order valence-electron chi connectivity index (χ0n) is 23.3. The minimum Gasteiger partial charge on any atom is -0.387 e. The van der Waals surface area contributed by atoms with Crippen molar-refractivity contribution in [2.24, 2.45) is 40.9 Å². The topological polar surface area (TPSA) is 73.6 Å². The number of carbonyl (C=O) groups is 1. The molecular formula is C32H46N2O3. The lowest BCUT2D eigenvalue weighted by atomic mass is 9.49. The smallest absolute Gasteiger partial charge is 0.226 e. The second-order valence-electron chi connectivity index (χ2n) is 13.1. The Morgan fingerprint density at radius 2 is 1.84 bits per heavy atom. The van der Waals surface area contributed by atoms with E-state index in [1.165, 1.54) is 25.7 Å². The van der Waals surface area contributed by atoms with Crippen molar-refractivity contribution < 1.29 is 14.6 Å². The van der Waals surface area contributed by atoms with Crippen molar-refractivity contribution in [3.05, 3.63) is 35.4 Å². The summed E-state index contributed by atoms with van der Waals surface area (Å²) in [5.74, 6) is 3.90. The van der Waals surface area contributed by atoms with E-state index in [0.29, 0.717) is 36.5 Å². The van der Waals surface area contributed by atoms with Crippen molar-refractivity contribution >= 4 is 5.91 Å². The molecule has 4 aliphatic carbocycles. The van der Waals surface area contributed by atoms with Crippen molar-refractivity contribution in [2.75, 3.05) is 20.3 Å². The fourth-order valence-corrected chi connectivity index (χ4v) is 9.29. The average Bonchev–Trinajstić information content (AvgIpc) is 3.27. The van der Waals surface area contributed by atoms with Crippen molar-refractivity contribution in [3.8, 4) is 6.07 Å². The highest BCUT2D eigenvalue weighted by molar-refractivity contribution is 5.80. The molecule has 1 unspecified atom stereocenters. The van der Waals surface area contributed by atoms with Gasteiger partial charge in [-0.3, -0.25) is 4.79 Å². The molecule has 4 fully saturated rings. The lowest BCUT2D eigenvalue weighted by Crippen LogP contribution is -2.53. The standard InChI is InChI=1S/C32H46N2O3/c1-5-37-20-32(36)17-15-25-24(18-32)10-11-27-26(25)14-16-31(3)28(27)12-13-29(31)30(35)34(4)21(2)23-8-6-22(19-33)7-9-23/h6-9,21,24-29,36H,5,10-18,20H2,1-4H3/t21-,24-,25+,26-,27?,28+,29-,31+,32-/m1/s1. The summed E-state index contributed by atoms with van der Waals surface area (Å²) >= 11 is 0. The van der Waals surface area contributed by atoms with Crippen molar-refractivity contribution in [3.63, 3.8) is 0 Å². The molecule has 0 aromatic heterocycles. The van der Waals surface area contributed by atoms with E-state index in [1.54, 1.807) is 0 Å². The molecule has 37 heavy (non-hydrogen) atoms. The summed E-state index contributed by atoms with van der Waals surface area (Å²) in [6.45, 7) is 7.69. The summed E-state index contributed by atoms with van der Waals surface area (Å²) in [6, 6.07) is 9.83. The van der Waals surface area contributed by atoms with Gasteiger partial charge in [0.05, 0.1) is 29.9 Å². The van der Waals surface area contributed by atoms with Gasteiger partial charge in [0.1, 0.15) is 0 Å². The van der Waals surface area contributed by atoms with E-state index >= 15 is 0 Å². The number of ether oxygens (including phenoxy) is 1. The Labute approximate surface area is 223 Å². The van der Waals surface area contributed by atoms with Gasteiger partial charge in [0.15, 0.2) is 0 Å². The first kappa shape index (κ1) is 26.7. The highest BCUT2D eigenvalue weighted by Gasteiger charge is 2.59. The van der Waals surface area contributed by atoms with Crippen LogP contribution in [0.2, 0.25) is 0 Å². The number of rotatable bonds is 6. The number of amides is 1. The van der Waals surface area contributed by atoms with Crippen LogP contribution in [0.25, 0.3) is 0 Å². The summed E-state index contributed by atoms with van der Waals surface area (Å²) in [6.07, 6.45) is 9.97. The number of nitriles is 1. The van der Waals surface area contributed by atoms with Crippen LogP contribution in [-0.2, 0) is 9.53 Å². The molecule has 5 heteroatoms. The highest BCUT2D eigenvalue weighted by atomic mass is 16.5. The summed E-state index contributed by atoms with van der Waals surface area (Å²) in [7, 11) is 1.96. The fourth-order valence-electron chi connectivity index (χ4n) is 9.29. The summed E-state index contributed by atoms with van der Waals surface area (Å²) < 4.78 is 5.64. The Balaban J connectivity index is 1.26. The van der Waals surface area contributed by atoms with E-state index in [0.717, 1.165) is 55.4 Å². The molecule has 9 atom stereocenters. The average molecular weight is 507 g/mol. The second kappa shape index (κ2) is 10.3. The van der Waals surface area contributed by atoms with Crippen LogP contribution >= 0.6 is 0 Å². The van der Waals surface area contributed by atoms with E-state index < -0.39 is 5.60 Å². The van der Waals surface area contributed by atoms with Crippen LogP contribution in [0.3, 0.4) is 0 Å². The van der Waals surface area contributed by atoms with Gasteiger partial charge >= 0.3 is 0 Å². The zero-order valence-corrected chi connectivity index (χ0v) is 23.3. The van der Waals surface area contributed by atoms with Crippen LogP contribution in [0.1, 0.15) is 95.7 Å². The molecule has 5 rings (SSSR count). The molecule has 0 heterocycles. The minimum atomic E-state index is -0.631. The molecule has 0 aliphatic heterocycles. The maximum atomic E-state index is 13.9. The van der Waals surface area contributed by atoms with Crippen LogP contribution in [0.5, 0.6) is 0 Å². The molecule has 0 saturated heterocycles. The normalized spacial score (nSPS) is 39.6. The van der Waals surface area contributed by atoms with E-state index in [4.69, 9.17) is 10.00 Å². The Hall–Kier alpha value is -1.90. The third kappa shape index (κ3) is 4.74. The summed E-state index contributed by atoms with van der Waals surface area (Å²) in [5, 5.41) is 20.3. The molecule has 4 aliphatic rings. The Morgan fingerprint density at radius 1 is 1.11 bits per heavy atom. The predicted molar refractivity (Wildman–Crippen MR) is 144 cm³/mol. The van der Waals surface area contributed by atoms with E-state index in [2.05, 4.69) is 19.9 Å². The molecule has 1 aromatic rings. The van der Waals surface area contributed by atoms with Crippen molar-refractivity contribution in [2.45, 2.75) is 90.2 Å². The van der Waals surface area contributed by atoms with E-state index in [9.17, 15) is 9.90 Å². The Bertz CT molecular complexity index is 1020. The maximum Gasteiger partial charge on any atom is 0.226 e. The minimum absolute atomic E-state index is 0.00709. The van der Waals surface area contributed by atoms with Crippen molar-refractivity contribution in [1.82, 2.24) is 4.90 Å². The molecule has 0 spiro atoms. The van der Waals surface area contributed by atoms with Gasteiger partial charge in [0, 0.05) is 19.6 Å². The molecule has 0 bridgehead atoms. The number of benzene rings is 1. The zero-order chi connectivity index (χ0) is 26.4. The lowest BCUT2D eigenvalue weighted by Gasteiger charge is -2.57. The first-order chi connectivity index (χ1) is 17.7. The number of fused-ring (bicyclic) bond motifs is 5. The number of aliphatic hydroxyl groups is 1. The second-order valence-corrected chi connectivity index (χ2v) is 13.1. The Morgan fingerprint density at radius 3 is 2.54 bits per heavy atom. The molecule has 1 N–H and O–H groups in total. The van der Waals surface area contributed by atoms with Crippen LogP contribution in [-0.4, -0.2) is 41.8 Å². The SMILES string of the molecule is CCOC[C@@]1(O)CC[C@H]2[C@H](CCC3[C@@H]2CC[C@]2(C)[C@@H](C(=O)N(C)[C@H](C)c4ccc(C#N)cc4)CC[C@@H]32)C1. The number of hydrogen-bond acceptors (Lipinski definition) is 4. The monoisotopic (exact) mass is 506 g/mol. The first-order valence-corrected chi connectivity index (χ1v) is 14.8. The molecule has 4 saturated carbocycles. The molecule has 0 radical (unpaired) electrons. The molecular weight excluding hydrogens is 460 g/mol. The molecule has 202 valence electrons. The first-order valence-electron chi connectivity index (χ1n) is 14.8. The molecule has 5 nitrogen and oxygen atoms in total. The van der Waals surface area contributed by atoms with Crippen molar-refractivity contribution in [1.29, 1.82) is 5.26 Å². The largest absolute Gasteiger partial charge is 0.387 e. The number of hydrogen-bond donors (Lipinski definition) is 1. The Kier molecular flexibility index (Phi) is 7.46. The quantitative estimate of drug-likeness (QED) is 0.505. The summed E-state index contributed by atoms with van der Waals surface area (Å²) in [4.78, 5) is 15.9. The van der Waals surface area contributed by atoms with Gasteiger partial charge in [-0.2, -0.15) is 5.26 Å². The van der Waals surface area contributed by atoms with E-state index in [1.807, 2.05) is 43.1 Å². The van der Waals surface area contributed by atoms with Gasteiger partial charge in [-0.1, -0.05) is 19.1 Å². The van der Waals surface area contributed by atoms with Crippen LogP contribution in [0.4, 0.5) is 0 Å². The fraction of sp³-hybridized carbons (Fsp3) is 0.750. The van der Waals surface area contributed by atoms with Gasteiger partial charge in [-0.15, -0.1) is 0 Å². The maximum absolute atomic E-state index is 13.9. The van der Waals surface area contributed by atoms with Crippen LogP contribution < -0.4 is 0 Å². The van der Waals surface area contributed by atoms with Gasteiger partial charge in [-0.05, 0) is 124 Å². The third-order valence-corrected chi connectivity index (χ3v) is 11.4. The predicted octanol–water partition coefficient (Wildman–Crippen LogP) is 6.11. The highest BCUT2D eigenvalue weighted by Crippen LogP contribution is 2.65. The number of nitrogens with zero attached hydrogens (tertiary/aromatic N) is 2. The van der Waals surface area contributed by atoms with Gasteiger partial charge in [-0.25, -0.2) is 0 Å². The van der Waals surface area contributed by atoms with Gasteiger partial charge < -0.3 is 14.7 Å². The third-order valence-electron chi connectivity index (χ3n) is 11.4. The number of carbonyl (C=O) groups excluding carboxylic acids is 1. The van der Waals surface area contributed by atoms with E-state index in [-0.39, 0.29) is 17.4 Å². The molecule has 1 aromatic carbocycles. The lowest BCUT2D eigenvalue weighted by molar-refractivity contribution is -0.147. The van der Waals surface area contributed by atoms with Gasteiger partial charge in [0.25, 0.3) is 0 Å². The van der Waals surface area contributed by atoms with Crippen LogP contribution in [0, 0.1) is 52.3 Å². The molecule has 1 amide bonds.